The van der Waals surface area contributed by atoms with Gasteiger partial charge in [0.15, 0.2) is 0 Å². The number of fused-ring (bicyclic) bond motifs is 1. The molecule has 2 atom stereocenters. The van der Waals surface area contributed by atoms with E-state index in [1.807, 2.05) is 28.0 Å². The van der Waals surface area contributed by atoms with Crippen LogP contribution in [-0.4, -0.2) is 58.5 Å². The van der Waals surface area contributed by atoms with Crippen LogP contribution in [0, 0.1) is 6.92 Å². The molecule has 7 heteroatoms. The number of aryl methyl sites for hydroxylation is 1. The zero-order valence-electron chi connectivity index (χ0n) is 19.8. The van der Waals surface area contributed by atoms with Crippen molar-refractivity contribution in [2.75, 3.05) is 36.0 Å². The Morgan fingerprint density at radius 1 is 1.09 bits per heavy atom. The van der Waals surface area contributed by atoms with E-state index in [9.17, 15) is 9.59 Å². The highest BCUT2D eigenvalue weighted by molar-refractivity contribution is 6.00. The lowest BCUT2D eigenvalue weighted by molar-refractivity contribution is -0.135. The number of aromatic nitrogens is 2. The van der Waals surface area contributed by atoms with Crippen LogP contribution in [0.4, 0.5) is 11.4 Å². The molecule has 3 heterocycles. The maximum Gasteiger partial charge on any atom is 0.250 e. The lowest BCUT2D eigenvalue weighted by Gasteiger charge is -2.41. The van der Waals surface area contributed by atoms with Crippen LogP contribution in [0.15, 0.2) is 67.3 Å². The first-order chi connectivity index (χ1) is 16.5. The van der Waals surface area contributed by atoms with Gasteiger partial charge in [0.1, 0.15) is 6.04 Å². The molecule has 1 saturated heterocycles. The topological polar surface area (TPSA) is 61.7 Å². The summed E-state index contributed by atoms with van der Waals surface area (Å²) >= 11 is 0. The van der Waals surface area contributed by atoms with Crippen molar-refractivity contribution < 1.29 is 9.59 Å². The summed E-state index contributed by atoms with van der Waals surface area (Å²) in [5, 5.41) is 0. The molecular formula is C27H31N5O2. The van der Waals surface area contributed by atoms with E-state index in [0.717, 1.165) is 18.7 Å². The monoisotopic (exact) mass is 457 g/mol. The van der Waals surface area contributed by atoms with Gasteiger partial charge in [-0.25, -0.2) is 4.98 Å². The fraction of sp³-hybridized carbons (Fsp3) is 0.370. The minimum atomic E-state index is -0.605. The Kier molecular flexibility index (Phi) is 6.09. The molecule has 0 bridgehead atoms. The molecule has 2 aliphatic heterocycles. The van der Waals surface area contributed by atoms with E-state index >= 15 is 0 Å². The number of anilines is 2. The lowest BCUT2D eigenvalue weighted by Crippen LogP contribution is -2.54. The predicted octanol–water partition coefficient (Wildman–Crippen LogP) is 3.45. The van der Waals surface area contributed by atoms with Crippen LogP contribution in [0.5, 0.6) is 0 Å². The number of carbonyl (C=O) groups excluding carboxylic acids is 2. The van der Waals surface area contributed by atoms with Gasteiger partial charge in [-0.3, -0.25) is 9.59 Å². The normalized spacial score (nSPS) is 18.6. The molecule has 0 N–H and O–H groups in total. The average Bonchev–Trinajstić information content (AvgIpc) is 3.52. The molecule has 0 aliphatic carbocycles. The molecule has 34 heavy (non-hydrogen) atoms. The Bertz CT molecular complexity index is 1180. The van der Waals surface area contributed by atoms with Crippen LogP contribution in [0.1, 0.15) is 30.5 Å². The fourth-order valence-corrected chi connectivity index (χ4v) is 5.19. The summed E-state index contributed by atoms with van der Waals surface area (Å²) in [4.78, 5) is 37.3. The van der Waals surface area contributed by atoms with Gasteiger partial charge in [-0.1, -0.05) is 30.3 Å². The number of para-hydroxylation sites is 1. The molecule has 0 spiro atoms. The van der Waals surface area contributed by atoms with Crippen molar-refractivity contribution >= 4 is 23.2 Å². The first-order valence-electron chi connectivity index (χ1n) is 12.0. The van der Waals surface area contributed by atoms with E-state index in [1.165, 1.54) is 16.8 Å². The average molecular weight is 458 g/mol. The predicted molar refractivity (Wildman–Crippen MR) is 133 cm³/mol. The van der Waals surface area contributed by atoms with Crippen molar-refractivity contribution in [1.82, 2.24) is 14.5 Å². The van der Waals surface area contributed by atoms with Crippen LogP contribution < -0.4 is 9.80 Å². The summed E-state index contributed by atoms with van der Waals surface area (Å²) in [6, 6.07) is 16.1. The Labute approximate surface area is 200 Å². The molecule has 7 nitrogen and oxygen atoms in total. The third-order valence-corrected chi connectivity index (χ3v) is 7.00. The van der Waals surface area contributed by atoms with Crippen molar-refractivity contribution in [1.29, 1.82) is 0 Å². The van der Waals surface area contributed by atoms with Gasteiger partial charge >= 0.3 is 0 Å². The fourth-order valence-electron chi connectivity index (χ4n) is 5.19. The number of nitrogens with zero attached hydrogens (tertiary/aromatic N) is 5. The molecule has 2 aliphatic rings. The van der Waals surface area contributed by atoms with E-state index in [0.29, 0.717) is 19.6 Å². The number of hydrogen-bond donors (Lipinski definition) is 0. The van der Waals surface area contributed by atoms with Gasteiger partial charge in [-0.2, -0.15) is 0 Å². The summed E-state index contributed by atoms with van der Waals surface area (Å²) in [5.41, 5.74) is 4.55. The maximum absolute atomic E-state index is 13.7. The van der Waals surface area contributed by atoms with Gasteiger partial charge in [0.2, 0.25) is 5.91 Å². The number of piperazine rings is 1. The standard InChI is InChI=1S/C27H31N5O2/c1-20-6-5-8-23(16-20)31-15-14-29(18-21(31)2)26(33)17-25(30-13-11-28-19-30)27(34)32-12-10-22-7-3-4-9-24(22)32/h3-9,11,13,16,19,21,25H,10,12,14-15,17-18H2,1-2H3/t21-,25-/m1/s1. The maximum atomic E-state index is 13.7. The number of benzene rings is 2. The Morgan fingerprint density at radius 3 is 2.71 bits per heavy atom. The minimum Gasteiger partial charge on any atom is -0.365 e. The third kappa shape index (κ3) is 4.30. The molecule has 2 amide bonds. The highest BCUT2D eigenvalue weighted by Crippen LogP contribution is 2.31. The number of imidazole rings is 1. The van der Waals surface area contributed by atoms with Crippen LogP contribution in [0.3, 0.4) is 0 Å². The summed E-state index contributed by atoms with van der Waals surface area (Å²) in [7, 11) is 0. The molecule has 2 aromatic carbocycles. The Balaban J connectivity index is 1.30. The second-order valence-electron chi connectivity index (χ2n) is 9.32. The second kappa shape index (κ2) is 9.33. The van der Waals surface area contributed by atoms with Crippen molar-refractivity contribution in [2.45, 2.75) is 38.8 Å². The molecule has 0 unspecified atom stereocenters. The van der Waals surface area contributed by atoms with Crippen molar-refractivity contribution in [2.24, 2.45) is 0 Å². The van der Waals surface area contributed by atoms with Gasteiger partial charge in [0.05, 0.1) is 12.7 Å². The summed E-state index contributed by atoms with van der Waals surface area (Å²) in [6.45, 7) is 6.96. The molecule has 176 valence electrons. The van der Waals surface area contributed by atoms with Crippen LogP contribution in [0.25, 0.3) is 0 Å². The van der Waals surface area contributed by atoms with Gasteiger partial charge < -0.3 is 19.3 Å². The van der Waals surface area contributed by atoms with Crippen LogP contribution in [0.2, 0.25) is 0 Å². The summed E-state index contributed by atoms with van der Waals surface area (Å²) in [5.74, 6) is -0.0435. The van der Waals surface area contributed by atoms with Gasteiger partial charge in [-0.15, -0.1) is 0 Å². The number of hydrogen-bond acceptors (Lipinski definition) is 4. The first kappa shape index (κ1) is 22.2. The van der Waals surface area contributed by atoms with E-state index in [4.69, 9.17) is 0 Å². The Morgan fingerprint density at radius 2 is 1.94 bits per heavy atom. The number of carbonyl (C=O) groups is 2. The van der Waals surface area contributed by atoms with E-state index in [2.05, 4.69) is 54.1 Å². The zero-order valence-corrected chi connectivity index (χ0v) is 19.8. The second-order valence-corrected chi connectivity index (χ2v) is 9.32. The van der Waals surface area contributed by atoms with Crippen molar-refractivity contribution in [3.63, 3.8) is 0 Å². The highest BCUT2D eigenvalue weighted by atomic mass is 16.2. The smallest absolute Gasteiger partial charge is 0.250 e. The van der Waals surface area contributed by atoms with E-state index in [-0.39, 0.29) is 24.3 Å². The summed E-state index contributed by atoms with van der Waals surface area (Å²) in [6.07, 6.45) is 6.04. The Hall–Kier alpha value is -3.61. The molecule has 5 rings (SSSR count). The van der Waals surface area contributed by atoms with Gasteiger partial charge in [0, 0.05) is 56.0 Å². The van der Waals surface area contributed by atoms with Crippen molar-refractivity contribution in [3.8, 4) is 0 Å². The van der Waals surface area contributed by atoms with Gasteiger partial charge in [0.25, 0.3) is 5.91 Å². The molecule has 1 fully saturated rings. The third-order valence-electron chi connectivity index (χ3n) is 7.00. The molecule has 3 aromatic rings. The minimum absolute atomic E-state index is 0.00951. The van der Waals surface area contributed by atoms with E-state index in [1.54, 1.807) is 23.3 Å². The van der Waals surface area contributed by atoms with Crippen LogP contribution >= 0.6 is 0 Å². The number of amides is 2. The zero-order chi connectivity index (χ0) is 23.7. The highest BCUT2D eigenvalue weighted by Gasteiger charge is 2.35. The molecular weight excluding hydrogens is 426 g/mol. The number of rotatable bonds is 5. The first-order valence-corrected chi connectivity index (χ1v) is 12.0. The molecule has 1 aromatic heterocycles. The van der Waals surface area contributed by atoms with Gasteiger partial charge in [-0.05, 0) is 49.6 Å². The lowest BCUT2D eigenvalue weighted by atomic mass is 10.1. The quantitative estimate of drug-likeness (QED) is 0.589. The summed E-state index contributed by atoms with van der Waals surface area (Å²) < 4.78 is 1.77. The molecule has 0 saturated carbocycles. The molecule has 0 radical (unpaired) electrons. The van der Waals surface area contributed by atoms with E-state index < -0.39 is 6.04 Å². The van der Waals surface area contributed by atoms with Crippen molar-refractivity contribution in [3.05, 3.63) is 78.4 Å². The SMILES string of the molecule is Cc1cccc(N2CCN(C(=O)C[C@H](C(=O)N3CCc4ccccc43)n3ccnc3)C[C@H]2C)c1. The van der Waals surface area contributed by atoms with Crippen LogP contribution in [-0.2, 0) is 16.0 Å². The largest absolute Gasteiger partial charge is 0.365 e.